The molecule has 19 heavy (non-hydrogen) atoms. The zero-order chi connectivity index (χ0) is 13.1. The number of amides is 1. The molecule has 0 bridgehead atoms. The molecule has 0 aromatic carbocycles. The molecule has 0 aromatic rings. The smallest absolute Gasteiger partial charge is 0.237 e. The first kappa shape index (κ1) is 13.4. The molecule has 108 valence electrons. The van der Waals surface area contributed by atoms with Gasteiger partial charge in [-0.1, -0.05) is 12.8 Å². The number of carbonyl (C=O) groups is 1. The predicted octanol–water partition coefficient (Wildman–Crippen LogP) is 1.02. The number of rotatable bonds is 4. The summed E-state index contributed by atoms with van der Waals surface area (Å²) in [5.74, 6) is 1.75. The van der Waals surface area contributed by atoms with Crippen LogP contribution in [0.15, 0.2) is 0 Å². The van der Waals surface area contributed by atoms with E-state index in [9.17, 15) is 4.79 Å². The first-order valence-corrected chi connectivity index (χ1v) is 8.07. The highest BCUT2D eigenvalue weighted by molar-refractivity contribution is 5.82. The Bertz CT molecular complexity index is 301. The van der Waals surface area contributed by atoms with Crippen LogP contribution in [-0.2, 0) is 4.79 Å². The van der Waals surface area contributed by atoms with Gasteiger partial charge in [0.05, 0.1) is 6.04 Å². The van der Waals surface area contributed by atoms with Gasteiger partial charge in [-0.3, -0.25) is 4.79 Å². The second-order valence-corrected chi connectivity index (χ2v) is 6.54. The number of carbonyl (C=O) groups excluding carboxylic acids is 1. The fraction of sp³-hybridized carbons (Fsp3) is 0.933. The molecule has 3 fully saturated rings. The van der Waals surface area contributed by atoms with Crippen molar-refractivity contribution in [3.05, 3.63) is 0 Å². The van der Waals surface area contributed by atoms with Crippen molar-refractivity contribution in [2.75, 3.05) is 19.6 Å². The summed E-state index contributed by atoms with van der Waals surface area (Å²) in [6.07, 6.45) is 8.71. The van der Waals surface area contributed by atoms with E-state index in [0.717, 1.165) is 44.3 Å². The van der Waals surface area contributed by atoms with Gasteiger partial charge in [0, 0.05) is 12.6 Å². The molecular weight excluding hydrogens is 238 g/mol. The van der Waals surface area contributed by atoms with Crippen molar-refractivity contribution in [3.63, 3.8) is 0 Å². The summed E-state index contributed by atoms with van der Waals surface area (Å²) in [5.41, 5.74) is 0. The molecule has 2 heterocycles. The van der Waals surface area contributed by atoms with Crippen LogP contribution in [0.4, 0.5) is 0 Å². The van der Waals surface area contributed by atoms with E-state index in [0.29, 0.717) is 6.04 Å². The molecule has 1 aliphatic carbocycles. The van der Waals surface area contributed by atoms with Crippen LogP contribution >= 0.6 is 0 Å². The molecule has 4 nitrogen and oxygen atoms in total. The highest BCUT2D eigenvalue weighted by Gasteiger charge is 2.37. The molecule has 4 heteroatoms. The van der Waals surface area contributed by atoms with Crippen LogP contribution < -0.4 is 16.0 Å². The SMILES string of the molecule is O=C(NCCC1CCNC1)C1CC2CCCCC2N1. The van der Waals surface area contributed by atoms with Gasteiger partial charge in [-0.15, -0.1) is 0 Å². The molecule has 3 aliphatic rings. The van der Waals surface area contributed by atoms with Gasteiger partial charge in [0.2, 0.25) is 5.91 Å². The molecule has 2 saturated heterocycles. The fourth-order valence-electron chi connectivity index (χ4n) is 4.00. The van der Waals surface area contributed by atoms with Gasteiger partial charge in [-0.05, 0) is 57.0 Å². The van der Waals surface area contributed by atoms with Crippen LogP contribution in [0, 0.1) is 11.8 Å². The van der Waals surface area contributed by atoms with Gasteiger partial charge >= 0.3 is 0 Å². The zero-order valence-electron chi connectivity index (χ0n) is 11.8. The maximum atomic E-state index is 12.2. The Hall–Kier alpha value is -0.610. The van der Waals surface area contributed by atoms with Crippen LogP contribution in [0.1, 0.15) is 44.9 Å². The lowest BCUT2D eigenvalue weighted by Gasteiger charge is -2.24. The molecule has 2 aliphatic heterocycles. The highest BCUT2D eigenvalue weighted by Crippen LogP contribution is 2.33. The minimum absolute atomic E-state index is 0.0785. The van der Waals surface area contributed by atoms with Crippen LogP contribution in [0.2, 0.25) is 0 Å². The summed E-state index contributed by atoms with van der Waals surface area (Å²) in [6, 6.07) is 0.693. The fourth-order valence-corrected chi connectivity index (χ4v) is 4.00. The van der Waals surface area contributed by atoms with Crippen LogP contribution in [0.25, 0.3) is 0 Å². The quantitative estimate of drug-likeness (QED) is 0.711. The van der Waals surface area contributed by atoms with Crippen molar-refractivity contribution in [1.29, 1.82) is 0 Å². The molecule has 0 radical (unpaired) electrons. The zero-order valence-corrected chi connectivity index (χ0v) is 11.8. The van der Waals surface area contributed by atoms with Crippen molar-refractivity contribution >= 4 is 5.91 Å². The maximum absolute atomic E-state index is 12.2. The number of hydrogen-bond donors (Lipinski definition) is 3. The van der Waals surface area contributed by atoms with E-state index in [4.69, 9.17) is 0 Å². The maximum Gasteiger partial charge on any atom is 0.237 e. The standard InChI is InChI=1S/C15H27N3O/c19-15(17-8-6-11-5-7-16-10-11)14-9-12-3-1-2-4-13(12)18-14/h11-14,16,18H,1-10H2,(H,17,19). The van der Waals surface area contributed by atoms with Crippen LogP contribution in [-0.4, -0.2) is 37.6 Å². The molecule has 3 N–H and O–H groups in total. The Morgan fingerprint density at radius 1 is 1.21 bits per heavy atom. The van der Waals surface area contributed by atoms with Crippen molar-refractivity contribution < 1.29 is 4.79 Å². The van der Waals surface area contributed by atoms with Crippen molar-refractivity contribution in [1.82, 2.24) is 16.0 Å². The number of nitrogens with one attached hydrogen (secondary N) is 3. The third-order valence-electron chi connectivity index (χ3n) is 5.19. The van der Waals surface area contributed by atoms with E-state index in [1.165, 1.54) is 32.1 Å². The van der Waals surface area contributed by atoms with Gasteiger partial charge in [-0.25, -0.2) is 0 Å². The Labute approximate surface area is 116 Å². The van der Waals surface area contributed by atoms with E-state index in [1.807, 2.05) is 0 Å². The minimum Gasteiger partial charge on any atom is -0.355 e. The van der Waals surface area contributed by atoms with E-state index < -0.39 is 0 Å². The van der Waals surface area contributed by atoms with E-state index in [2.05, 4.69) is 16.0 Å². The molecule has 1 saturated carbocycles. The molecule has 0 aromatic heterocycles. The second kappa shape index (κ2) is 6.23. The molecular formula is C15H27N3O. The summed E-state index contributed by atoms with van der Waals surface area (Å²) in [5, 5.41) is 10.1. The van der Waals surface area contributed by atoms with Gasteiger partial charge in [0.15, 0.2) is 0 Å². The van der Waals surface area contributed by atoms with Crippen LogP contribution in [0.5, 0.6) is 0 Å². The average Bonchev–Trinajstić information content (AvgIpc) is 3.07. The normalized spacial score (nSPS) is 38.1. The lowest BCUT2D eigenvalue weighted by atomic mass is 9.85. The largest absolute Gasteiger partial charge is 0.355 e. The summed E-state index contributed by atoms with van der Waals surface area (Å²) < 4.78 is 0. The summed E-state index contributed by atoms with van der Waals surface area (Å²) in [6.45, 7) is 3.12. The van der Waals surface area contributed by atoms with E-state index >= 15 is 0 Å². The highest BCUT2D eigenvalue weighted by atomic mass is 16.2. The molecule has 0 spiro atoms. The Morgan fingerprint density at radius 2 is 2.11 bits per heavy atom. The Morgan fingerprint density at radius 3 is 2.89 bits per heavy atom. The van der Waals surface area contributed by atoms with Crippen LogP contribution in [0.3, 0.4) is 0 Å². The summed E-state index contributed by atoms with van der Waals surface area (Å²) in [7, 11) is 0. The first-order chi connectivity index (χ1) is 9.33. The molecule has 1 amide bonds. The summed E-state index contributed by atoms with van der Waals surface area (Å²) >= 11 is 0. The van der Waals surface area contributed by atoms with E-state index in [1.54, 1.807) is 0 Å². The van der Waals surface area contributed by atoms with Crippen molar-refractivity contribution in [3.8, 4) is 0 Å². The van der Waals surface area contributed by atoms with Crippen molar-refractivity contribution in [2.45, 2.75) is 57.0 Å². The molecule has 3 rings (SSSR count). The summed E-state index contributed by atoms with van der Waals surface area (Å²) in [4.78, 5) is 12.2. The van der Waals surface area contributed by atoms with Crippen molar-refractivity contribution in [2.24, 2.45) is 11.8 Å². The third kappa shape index (κ3) is 3.29. The van der Waals surface area contributed by atoms with Gasteiger partial charge in [0.25, 0.3) is 0 Å². The lowest BCUT2D eigenvalue weighted by Crippen LogP contribution is -2.43. The van der Waals surface area contributed by atoms with Gasteiger partial charge < -0.3 is 16.0 Å². The monoisotopic (exact) mass is 265 g/mol. The first-order valence-electron chi connectivity index (χ1n) is 8.07. The second-order valence-electron chi connectivity index (χ2n) is 6.54. The molecule has 4 atom stereocenters. The predicted molar refractivity (Wildman–Crippen MR) is 75.9 cm³/mol. The van der Waals surface area contributed by atoms with E-state index in [-0.39, 0.29) is 11.9 Å². The minimum atomic E-state index is 0.0785. The Balaban J connectivity index is 1.38. The lowest BCUT2D eigenvalue weighted by molar-refractivity contribution is -0.122. The van der Waals surface area contributed by atoms with Gasteiger partial charge in [0.1, 0.15) is 0 Å². The topological polar surface area (TPSA) is 53.2 Å². The number of hydrogen-bond acceptors (Lipinski definition) is 3. The number of fused-ring (bicyclic) bond motifs is 1. The molecule has 4 unspecified atom stereocenters. The third-order valence-corrected chi connectivity index (χ3v) is 5.19. The Kier molecular flexibility index (Phi) is 4.38. The van der Waals surface area contributed by atoms with Gasteiger partial charge in [-0.2, -0.15) is 0 Å². The average molecular weight is 265 g/mol.